The first kappa shape index (κ1) is 10.5. The van der Waals surface area contributed by atoms with Gasteiger partial charge in [-0.25, -0.2) is 0 Å². The average Bonchev–Trinajstić information content (AvgIpc) is 2.87. The molecular formula is C9H9N5OS. The molecule has 0 fully saturated rings. The number of aromatic nitrogens is 4. The molecule has 2 heterocycles. The quantitative estimate of drug-likeness (QED) is 0.803. The topological polar surface area (TPSA) is 72.7 Å². The summed E-state index contributed by atoms with van der Waals surface area (Å²) >= 11 is 1.27. The molecule has 0 saturated carbocycles. The summed E-state index contributed by atoms with van der Waals surface area (Å²) in [6.07, 6.45) is 6.60. The Morgan fingerprint density at radius 3 is 3.12 bits per heavy atom. The third kappa shape index (κ3) is 2.74. The molecule has 0 bridgehead atoms. The van der Waals surface area contributed by atoms with Gasteiger partial charge in [-0.1, -0.05) is 11.3 Å². The number of hydrogen-bond donors (Lipinski definition) is 1. The average molecular weight is 235 g/mol. The molecule has 0 unspecified atom stereocenters. The van der Waals surface area contributed by atoms with E-state index in [1.165, 1.54) is 17.4 Å². The molecular weight excluding hydrogens is 226 g/mol. The van der Waals surface area contributed by atoms with Crippen LogP contribution in [0.15, 0.2) is 24.0 Å². The van der Waals surface area contributed by atoms with Gasteiger partial charge >= 0.3 is 0 Å². The van der Waals surface area contributed by atoms with Crippen molar-refractivity contribution in [2.75, 3.05) is 5.32 Å². The normalized spacial score (nSPS) is 10.8. The van der Waals surface area contributed by atoms with Gasteiger partial charge < -0.3 is 0 Å². The lowest BCUT2D eigenvalue weighted by atomic mass is 10.3. The fraction of sp³-hybridized carbons (Fsp3) is 0.111. The van der Waals surface area contributed by atoms with Gasteiger partial charge in [-0.05, 0) is 6.08 Å². The van der Waals surface area contributed by atoms with Crippen molar-refractivity contribution in [1.82, 2.24) is 20.0 Å². The summed E-state index contributed by atoms with van der Waals surface area (Å²) in [7, 11) is 1.82. The number of amides is 1. The lowest BCUT2D eigenvalue weighted by molar-refractivity contribution is -0.111. The molecule has 0 aliphatic carbocycles. The highest BCUT2D eigenvalue weighted by atomic mass is 32.1. The number of carbonyl (C=O) groups excluding carboxylic acids is 1. The largest absolute Gasteiger partial charge is 0.297 e. The highest BCUT2D eigenvalue weighted by Crippen LogP contribution is 2.08. The molecule has 1 amide bonds. The second-order valence-corrected chi connectivity index (χ2v) is 3.85. The van der Waals surface area contributed by atoms with Crippen LogP contribution in [0.5, 0.6) is 0 Å². The van der Waals surface area contributed by atoms with Crippen LogP contribution in [-0.4, -0.2) is 25.9 Å². The minimum Gasteiger partial charge on any atom is -0.297 e. The number of hydrogen-bond acceptors (Lipinski definition) is 5. The maximum Gasteiger partial charge on any atom is 0.250 e. The summed E-state index contributed by atoms with van der Waals surface area (Å²) in [4.78, 5) is 11.4. The molecule has 0 spiro atoms. The van der Waals surface area contributed by atoms with E-state index in [9.17, 15) is 4.79 Å². The minimum atomic E-state index is -0.236. The molecule has 6 nitrogen and oxygen atoms in total. The van der Waals surface area contributed by atoms with Crippen LogP contribution in [0, 0.1) is 0 Å². The van der Waals surface area contributed by atoms with Gasteiger partial charge in [-0.2, -0.15) is 5.10 Å². The molecule has 82 valence electrons. The second-order valence-electron chi connectivity index (χ2n) is 3.01. The van der Waals surface area contributed by atoms with Crippen molar-refractivity contribution in [3.8, 4) is 0 Å². The molecule has 2 aromatic heterocycles. The first-order chi connectivity index (χ1) is 7.74. The molecule has 7 heteroatoms. The number of rotatable bonds is 3. The fourth-order valence-corrected chi connectivity index (χ4v) is 1.52. The third-order valence-electron chi connectivity index (χ3n) is 1.74. The standard InChI is InChI=1S/C9H9N5OS/c1-14-5-7(4-11-14)2-3-8(15)12-9-13-10-6-16-9/h2-6H,1H3,(H,12,13,15). The molecule has 0 aliphatic rings. The zero-order valence-electron chi connectivity index (χ0n) is 8.49. The number of aryl methyl sites for hydroxylation is 1. The molecule has 0 radical (unpaired) electrons. The summed E-state index contributed by atoms with van der Waals surface area (Å²) in [6, 6.07) is 0. The van der Waals surface area contributed by atoms with E-state index in [2.05, 4.69) is 20.6 Å². The molecule has 0 aromatic carbocycles. The van der Waals surface area contributed by atoms with E-state index < -0.39 is 0 Å². The summed E-state index contributed by atoms with van der Waals surface area (Å²) < 4.78 is 1.67. The molecule has 2 rings (SSSR count). The van der Waals surface area contributed by atoms with Gasteiger partial charge in [0, 0.05) is 24.9 Å². The maximum absolute atomic E-state index is 11.4. The number of carbonyl (C=O) groups is 1. The minimum absolute atomic E-state index is 0.236. The van der Waals surface area contributed by atoms with Crippen molar-refractivity contribution in [3.63, 3.8) is 0 Å². The van der Waals surface area contributed by atoms with Gasteiger partial charge in [0.25, 0.3) is 0 Å². The smallest absolute Gasteiger partial charge is 0.250 e. The molecule has 2 aromatic rings. The lowest BCUT2D eigenvalue weighted by Crippen LogP contribution is -2.07. The lowest BCUT2D eigenvalue weighted by Gasteiger charge is -1.92. The Bertz CT molecular complexity index is 502. The Morgan fingerprint density at radius 1 is 1.62 bits per heavy atom. The summed E-state index contributed by atoms with van der Waals surface area (Å²) in [5, 5.41) is 14.4. The summed E-state index contributed by atoms with van der Waals surface area (Å²) in [5.41, 5.74) is 2.43. The van der Waals surface area contributed by atoms with Crippen LogP contribution in [0.4, 0.5) is 5.13 Å². The van der Waals surface area contributed by atoms with Crippen LogP contribution < -0.4 is 5.32 Å². The Morgan fingerprint density at radius 2 is 2.50 bits per heavy atom. The van der Waals surface area contributed by atoms with Crippen LogP contribution in [0.1, 0.15) is 5.56 Å². The Kier molecular flexibility index (Phi) is 3.06. The van der Waals surface area contributed by atoms with Crippen molar-refractivity contribution >= 4 is 28.5 Å². The highest BCUT2D eigenvalue weighted by molar-refractivity contribution is 7.13. The van der Waals surface area contributed by atoms with Crippen LogP contribution in [0.25, 0.3) is 6.08 Å². The Balaban J connectivity index is 1.94. The van der Waals surface area contributed by atoms with Gasteiger partial charge in [0.15, 0.2) is 0 Å². The second kappa shape index (κ2) is 4.67. The number of anilines is 1. The van der Waals surface area contributed by atoms with Gasteiger partial charge in [0.1, 0.15) is 5.51 Å². The Hall–Kier alpha value is -2.02. The number of nitrogens with zero attached hydrogens (tertiary/aromatic N) is 4. The molecule has 0 atom stereocenters. The van der Waals surface area contributed by atoms with Crippen LogP contribution >= 0.6 is 11.3 Å². The van der Waals surface area contributed by atoms with Crippen molar-refractivity contribution in [3.05, 3.63) is 29.5 Å². The van der Waals surface area contributed by atoms with E-state index in [4.69, 9.17) is 0 Å². The van der Waals surface area contributed by atoms with Crippen molar-refractivity contribution in [1.29, 1.82) is 0 Å². The predicted molar refractivity (Wildman–Crippen MR) is 60.8 cm³/mol. The van der Waals surface area contributed by atoms with Gasteiger partial charge in [-0.15, -0.1) is 10.2 Å². The van der Waals surface area contributed by atoms with Crippen LogP contribution in [-0.2, 0) is 11.8 Å². The third-order valence-corrected chi connectivity index (χ3v) is 2.35. The van der Waals surface area contributed by atoms with E-state index in [0.29, 0.717) is 5.13 Å². The van der Waals surface area contributed by atoms with E-state index >= 15 is 0 Å². The molecule has 16 heavy (non-hydrogen) atoms. The summed E-state index contributed by atoms with van der Waals surface area (Å²) in [6.45, 7) is 0. The number of nitrogens with one attached hydrogen (secondary N) is 1. The van der Waals surface area contributed by atoms with Crippen molar-refractivity contribution in [2.45, 2.75) is 0 Å². The van der Waals surface area contributed by atoms with Gasteiger partial charge in [0.05, 0.1) is 6.20 Å². The Labute approximate surface area is 95.6 Å². The molecule has 0 aliphatic heterocycles. The molecule has 1 N–H and O–H groups in total. The predicted octanol–water partition coefficient (Wildman–Crippen LogP) is 0.923. The SMILES string of the molecule is Cn1cc(C=CC(=O)Nc2nncs2)cn1. The zero-order valence-corrected chi connectivity index (χ0v) is 9.31. The monoisotopic (exact) mass is 235 g/mol. The van der Waals surface area contributed by atoms with Gasteiger partial charge in [0.2, 0.25) is 11.0 Å². The molecule has 0 saturated heterocycles. The van der Waals surface area contributed by atoms with Crippen molar-refractivity contribution in [2.24, 2.45) is 7.05 Å². The maximum atomic E-state index is 11.4. The first-order valence-corrected chi connectivity index (χ1v) is 5.36. The van der Waals surface area contributed by atoms with E-state index in [-0.39, 0.29) is 5.91 Å². The van der Waals surface area contributed by atoms with Crippen molar-refractivity contribution < 1.29 is 4.79 Å². The van der Waals surface area contributed by atoms with E-state index in [0.717, 1.165) is 5.56 Å². The highest BCUT2D eigenvalue weighted by Gasteiger charge is 2.00. The summed E-state index contributed by atoms with van der Waals surface area (Å²) in [5.74, 6) is -0.236. The van der Waals surface area contributed by atoms with Crippen LogP contribution in [0.3, 0.4) is 0 Å². The van der Waals surface area contributed by atoms with E-state index in [1.807, 2.05) is 13.2 Å². The first-order valence-electron chi connectivity index (χ1n) is 4.48. The van der Waals surface area contributed by atoms with Gasteiger partial charge in [-0.3, -0.25) is 14.8 Å². The van der Waals surface area contributed by atoms with E-state index in [1.54, 1.807) is 22.5 Å². The van der Waals surface area contributed by atoms with Crippen LogP contribution in [0.2, 0.25) is 0 Å². The zero-order chi connectivity index (χ0) is 11.4. The fourth-order valence-electron chi connectivity index (χ4n) is 1.07.